The topological polar surface area (TPSA) is 43.3 Å². The molecule has 0 aliphatic carbocycles. The summed E-state index contributed by atoms with van der Waals surface area (Å²) in [7, 11) is 0. The van der Waals surface area contributed by atoms with Crippen LogP contribution in [-0.2, 0) is 0 Å². The Balaban J connectivity index is 2.19. The zero-order valence-electron chi connectivity index (χ0n) is 14.4. The van der Waals surface area contributed by atoms with Gasteiger partial charge in [-0.2, -0.15) is 0 Å². The van der Waals surface area contributed by atoms with Crippen molar-refractivity contribution in [1.29, 1.82) is 0 Å². The largest absolute Gasteiger partial charge is 0.330 e. The Labute approximate surface area is 138 Å². The van der Waals surface area contributed by atoms with Gasteiger partial charge in [-0.05, 0) is 36.1 Å². The van der Waals surface area contributed by atoms with Crippen molar-refractivity contribution in [3.05, 3.63) is 59.4 Å². The fraction of sp³-hybridized carbons (Fsp3) is 0.350. The predicted molar refractivity (Wildman–Crippen MR) is 96.9 cm³/mol. The van der Waals surface area contributed by atoms with E-state index in [1.54, 1.807) is 0 Å². The molecule has 120 valence electrons. The van der Waals surface area contributed by atoms with Gasteiger partial charge < -0.3 is 10.1 Å². The average molecular weight is 307 g/mol. The van der Waals surface area contributed by atoms with Gasteiger partial charge in [-0.25, -0.2) is 4.98 Å². The number of fused-ring (bicyclic) bond motifs is 1. The molecule has 3 rings (SSSR count). The zero-order valence-corrected chi connectivity index (χ0v) is 14.4. The van der Waals surface area contributed by atoms with Crippen molar-refractivity contribution in [2.45, 2.75) is 39.5 Å². The summed E-state index contributed by atoms with van der Waals surface area (Å²) < 4.78 is 2.18. The smallest absolute Gasteiger partial charge is 0.137 e. The van der Waals surface area contributed by atoms with Gasteiger partial charge in [0.2, 0.25) is 0 Å². The van der Waals surface area contributed by atoms with Crippen molar-refractivity contribution in [2.24, 2.45) is 5.73 Å². The summed E-state index contributed by atoms with van der Waals surface area (Å²) in [6, 6.07) is 13.0. The lowest BCUT2D eigenvalue weighted by Gasteiger charge is -2.12. The van der Waals surface area contributed by atoms with Crippen LogP contribution < -0.4 is 5.73 Å². The molecule has 0 aliphatic heterocycles. The fourth-order valence-corrected chi connectivity index (χ4v) is 2.99. The van der Waals surface area contributed by atoms with Crippen LogP contribution in [0.15, 0.2) is 42.6 Å². The molecular weight excluding hydrogens is 282 g/mol. The second-order valence-corrected chi connectivity index (χ2v) is 6.69. The number of benzene rings is 1. The Morgan fingerprint density at radius 2 is 1.78 bits per heavy atom. The van der Waals surface area contributed by atoms with Crippen LogP contribution in [0.1, 0.15) is 49.4 Å². The normalized spacial score (nSPS) is 13.0. The Kier molecular flexibility index (Phi) is 4.22. The first-order valence-corrected chi connectivity index (χ1v) is 8.30. The third kappa shape index (κ3) is 2.89. The molecule has 0 fully saturated rings. The highest BCUT2D eigenvalue weighted by molar-refractivity contribution is 5.68. The van der Waals surface area contributed by atoms with E-state index in [2.05, 4.69) is 74.7 Å². The SMILES string of the molecule is Cc1ccn2c(C(C)CN)c(-c3ccc(C(C)C)cc3)nc2c1. The molecule has 3 nitrogen and oxygen atoms in total. The summed E-state index contributed by atoms with van der Waals surface area (Å²) in [5, 5.41) is 0. The van der Waals surface area contributed by atoms with Gasteiger partial charge >= 0.3 is 0 Å². The van der Waals surface area contributed by atoms with E-state index in [1.165, 1.54) is 16.8 Å². The first-order valence-electron chi connectivity index (χ1n) is 8.30. The van der Waals surface area contributed by atoms with Crippen LogP contribution in [-0.4, -0.2) is 15.9 Å². The molecule has 0 bridgehead atoms. The molecule has 2 aromatic heterocycles. The highest BCUT2D eigenvalue weighted by Gasteiger charge is 2.18. The monoisotopic (exact) mass is 307 g/mol. The Bertz CT molecular complexity index is 813. The van der Waals surface area contributed by atoms with Crippen molar-refractivity contribution in [3.8, 4) is 11.3 Å². The molecule has 0 spiro atoms. The summed E-state index contributed by atoms with van der Waals surface area (Å²) in [6.45, 7) is 9.29. The number of nitrogens with zero attached hydrogens (tertiary/aromatic N) is 2. The number of pyridine rings is 1. The van der Waals surface area contributed by atoms with Gasteiger partial charge in [0.15, 0.2) is 0 Å². The fourth-order valence-electron chi connectivity index (χ4n) is 2.99. The molecule has 1 unspecified atom stereocenters. The third-order valence-corrected chi connectivity index (χ3v) is 4.49. The van der Waals surface area contributed by atoms with E-state index >= 15 is 0 Å². The summed E-state index contributed by atoms with van der Waals surface area (Å²) in [5.41, 5.74) is 12.9. The van der Waals surface area contributed by atoms with Crippen molar-refractivity contribution in [1.82, 2.24) is 9.38 Å². The van der Waals surface area contributed by atoms with Gasteiger partial charge in [-0.15, -0.1) is 0 Å². The highest BCUT2D eigenvalue weighted by Crippen LogP contribution is 2.31. The average Bonchev–Trinajstić information content (AvgIpc) is 2.92. The van der Waals surface area contributed by atoms with E-state index < -0.39 is 0 Å². The van der Waals surface area contributed by atoms with E-state index in [1.807, 2.05) is 0 Å². The lowest BCUT2D eigenvalue weighted by atomic mass is 9.98. The van der Waals surface area contributed by atoms with Gasteiger partial charge in [-0.3, -0.25) is 0 Å². The van der Waals surface area contributed by atoms with Crippen molar-refractivity contribution in [2.75, 3.05) is 6.54 Å². The highest BCUT2D eigenvalue weighted by atomic mass is 15.0. The van der Waals surface area contributed by atoms with Crippen molar-refractivity contribution >= 4 is 5.65 Å². The summed E-state index contributed by atoms with van der Waals surface area (Å²) in [6.07, 6.45) is 2.10. The standard InChI is InChI=1S/C20H25N3/c1-13(2)16-5-7-17(8-6-16)19-20(15(4)12-21)23-10-9-14(3)11-18(23)22-19/h5-11,13,15H,12,21H2,1-4H3. The van der Waals surface area contributed by atoms with Crippen LogP contribution in [0.4, 0.5) is 0 Å². The van der Waals surface area contributed by atoms with E-state index in [0.717, 1.165) is 16.9 Å². The van der Waals surface area contributed by atoms with Gasteiger partial charge in [0.25, 0.3) is 0 Å². The van der Waals surface area contributed by atoms with Gasteiger partial charge in [0.1, 0.15) is 5.65 Å². The van der Waals surface area contributed by atoms with Crippen molar-refractivity contribution < 1.29 is 0 Å². The van der Waals surface area contributed by atoms with E-state index in [9.17, 15) is 0 Å². The van der Waals surface area contributed by atoms with Crippen molar-refractivity contribution in [3.63, 3.8) is 0 Å². The van der Waals surface area contributed by atoms with Crippen LogP contribution >= 0.6 is 0 Å². The molecule has 3 heteroatoms. The minimum absolute atomic E-state index is 0.257. The number of hydrogen-bond donors (Lipinski definition) is 1. The molecule has 3 aromatic rings. The Hall–Kier alpha value is -2.13. The first kappa shape index (κ1) is 15.8. The van der Waals surface area contributed by atoms with Crippen LogP contribution in [0, 0.1) is 6.92 Å². The summed E-state index contributed by atoms with van der Waals surface area (Å²) >= 11 is 0. The summed E-state index contributed by atoms with van der Waals surface area (Å²) in [5.74, 6) is 0.794. The van der Waals surface area contributed by atoms with E-state index in [4.69, 9.17) is 10.7 Å². The van der Waals surface area contributed by atoms with Crippen LogP contribution in [0.2, 0.25) is 0 Å². The van der Waals surface area contributed by atoms with Gasteiger partial charge in [-0.1, -0.05) is 45.0 Å². The Morgan fingerprint density at radius 3 is 2.39 bits per heavy atom. The molecule has 0 radical (unpaired) electrons. The molecule has 0 saturated heterocycles. The van der Waals surface area contributed by atoms with E-state index in [0.29, 0.717) is 12.5 Å². The molecule has 23 heavy (non-hydrogen) atoms. The first-order chi connectivity index (χ1) is 11.0. The third-order valence-electron chi connectivity index (χ3n) is 4.49. The van der Waals surface area contributed by atoms with Gasteiger partial charge in [0, 0.05) is 24.2 Å². The zero-order chi connectivity index (χ0) is 16.6. The molecule has 1 aromatic carbocycles. The van der Waals surface area contributed by atoms with Gasteiger partial charge in [0.05, 0.1) is 11.4 Å². The quantitative estimate of drug-likeness (QED) is 0.771. The number of nitrogens with two attached hydrogens (primary N) is 1. The lowest BCUT2D eigenvalue weighted by Crippen LogP contribution is -2.12. The van der Waals surface area contributed by atoms with Crippen LogP contribution in [0.5, 0.6) is 0 Å². The number of hydrogen-bond acceptors (Lipinski definition) is 2. The van der Waals surface area contributed by atoms with E-state index in [-0.39, 0.29) is 5.92 Å². The predicted octanol–water partition coefficient (Wildman–Crippen LogP) is 4.50. The Morgan fingerprint density at radius 1 is 1.09 bits per heavy atom. The maximum atomic E-state index is 5.95. The molecule has 0 amide bonds. The number of aromatic nitrogens is 2. The minimum atomic E-state index is 0.257. The molecule has 2 N–H and O–H groups in total. The molecule has 0 aliphatic rings. The number of aryl methyl sites for hydroxylation is 1. The molecule has 1 atom stereocenters. The maximum Gasteiger partial charge on any atom is 0.137 e. The second kappa shape index (κ2) is 6.17. The van der Waals surface area contributed by atoms with Crippen LogP contribution in [0.3, 0.4) is 0 Å². The maximum absolute atomic E-state index is 5.95. The summed E-state index contributed by atoms with van der Waals surface area (Å²) in [4.78, 5) is 4.89. The molecule has 0 saturated carbocycles. The number of imidazole rings is 1. The minimum Gasteiger partial charge on any atom is -0.330 e. The van der Waals surface area contributed by atoms with Crippen LogP contribution in [0.25, 0.3) is 16.9 Å². The number of rotatable bonds is 4. The lowest BCUT2D eigenvalue weighted by molar-refractivity contribution is 0.738. The molecular formula is C20H25N3. The molecule has 2 heterocycles. The second-order valence-electron chi connectivity index (χ2n) is 6.69.